The minimum absolute atomic E-state index is 0.189. The Morgan fingerprint density at radius 2 is 1.50 bits per heavy atom. The van der Waals surface area contributed by atoms with E-state index >= 15 is 0 Å². The molecular formula is C28H26F2N2O4. The average molecular weight is 493 g/mol. The summed E-state index contributed by atoms with van der Waals surface area (Å²) in [5.74, 6) is -2.40. The lowest BCUT2D eigenvalue weighted by atomic mass is 10.0. The molecule has 4 aromatic rings. The van der Waals surface area contributed by atoms with E-state index in [0.29, 0.717) is 11.1 Å². The first-order chi connectivity index (χ1) is 17.2. The second-order valence-corrected chi connectivity index (χ2v) is 7.87. The standard InChI is InChI=1S/C26H20F2N2O4.C2H6/c1-15(16-2-5-19(27)6-3-16)29-25(33)17-4-11-23-18(12-17)13-22(14-24(31)32)30(26(23)34)21-9-7-20(28)8-10-21;1-2/h2-13,15H,14H2,1H3,(H,29,33)(H,31,32);1-2H3. The van der Waals surface area contributed by atoms with Crippen molar-refractivity contribution in [1.82, 2.24) is 9.88 Å². The molecule has 2 N–H and O–H groups in total. The molecule has 4 rings (SSSR count). The minimum atomic E-state index is -1.14. The third kappa shape index (κ3) is 5.83. The highest BCUT2D eigenvalue weighted by Gasteiger charge is 2.17. The van der Waals surface area contributed by atoms with Crippen LogP contribution in [0.5, 0.6) is 0 Å². The molecule has 0 saturated carbocycles. The molecule has 0 spiro atoms. The zero-order valence-corrected chi connectivity index (χ0v) is 20.1. The number of carboxylic acids is 1. The lowest BCUT2D eigenvalue weighted by Gasteiger charge is -2.16. The number of amides is 1. The summed E-state index contributed by atoms with van der Waals surface area (Å²) >= 11 is 0. The smallest absolute Gasteiger partial charge is 0.309 e. The van der Waals surface area contributed by atoms with Gasteiger partial charge in [0.15, 0.2) is 0 Å². The number of pyridine rings is 1. The Labute approximate surface area is 206 Å². The molecule has 8 heteroatoms. The number of hydrogen-bond acceptors (Lipinski definition) is 3. The number of aliphatic carboxylic acids is 1. The van der Waals surface area contributed by atoms with Gasteiger partial charge in [-0.25, -0.2) is 8.78 Å². The number of aromatic nitrogens is 1. The normalized spacial score (nSPS) is 11.4. The van der Waals surface area contributed by atoms with Gasteiger partial charge in [-0.15, -0.1) is 0 Å². The first-order valence-corrected chi connectivity index (χ1v) is 11.5. The number of hydrogen-bond donors (Lipinski definition) is 2. The summed E-state index contributed by atoms with van der Waals surface area (Å²) in [7, 11) is 0. The number of nitrogens with one attached hydrogen (secondary N) is 1. The van der Waals surface area contributed by atoms with Gasteiger partial charge in [0, 0.05) is 22.3 Å². The number of fused-ring (bicyclic) bond motifs is 1. The van der Waals surface area contributed by atoms with Crippen molar-refractivity contribution in [3.05, 3.63) is 112 Å². The van der Waals surface area contributed by atoms with Crippen molar-refractivity contribution in [2.45, 2.75) is 33.2 Å². The van der Waals surface area contributed by atoms with Crippen molar-refractivity contribution in [3.8, 4) is 5.69 Å². The fraction of sp³-hybridized carbons (Fsp3) is 0.179. The lowest BCUT2D eigenvalue weighted by molar-refractivity contribution is -0.136. The van der Waals surface area contributed by atoms with Gasteiger partial charge in [0.05, 0.1) is 12.5 Å². The van der Waals surface area contributed by atoms with Crippen molar-refractivity contribution in [3.63, 3.8) is 0 Å². The maximum atomic E-state index is 13.4. The molecule has 6 nitrogen and oxygen atoms in total. The Morgan fingerprint density at radius 1 is 0.917 bits per heavy atom. The largest absolute Gasteiger partial charge is 0.481 e. The molecule has 0 aliphatic rings. The molecule has 0 saturated heterocycles. The van der Waals surface area contributed by atoms with Crippen LogP contribution in [0.3, 0.4) is 0 Å². The van der Waals surface area contributed by atoms with Crippen LogP contribution >= 0.6 is 0 Å². The molecule has 1 atom stereocenters. The van der Waals surface area contributed by atoms with Crippen molar-refractivity contribution in [1.29, 1.82) is 0 Å². The first kappa shape index (κ1) is 26.3. The quantitative estimate of drug-likeness (QED) is 0.377. The molecule has 1 amide bonds. The van der Waals surface area contributed by atoms with Crippen molar-refractivity contribution < 1.29 is 23.5 Å². The second-order valence-electron chi connectivity index (χ2n) is 7.87. The molecule has 1 heterocycles. The summed E-state index contributed by atoms with van der Waals surface area (Å²) in [5.41, 5.74) is 1.04. The fourth-order valence-corrected chi connectivity index (χ4v) is 3.79. The van der Waals surface area contributed by atoms with Gasteiger partial charge in [-0.1, -0.05) is 26.0 Å². The summed E-state index contributed by atoms with van der Waals surface area (Å²) in [6.45, 7) is 5.76. The summed E-state index contributed by atoms with van der Waals surface area (Å²) in [4.78, 5) is 37.5. The first-order valence-electron chi connectivity index (χ1n) is 11.5. The van der Waals surface area contributed by atoms with Gasteiger partial charge in [0.2, 0.25) is 0 Å². The monoisotopic (exact) mass is 492 g/mol. The number of carbonyl (C=O) groups excluding carboxylic acids is 1. The molecular weight excluding hydrogens is 466 g/mol. The molecule has 1 aromatic heterocycles. The lowest BCUT2D eigenvalue weighted by Crippen LogP contribution is -2.27. The van der Waals surface area contributed by atoms with E-state index in [9.17, 15) is 28.3 Å². The Hall–Kier alpha value is -4.33. The Bertz CT molecular complexity index is 1450. The van der Waals surface area contributed by atoms with E-state index in [1.807, 2.05) is 13.8 Å². The van der Waals surface area contributed by atoms with Crippen molar-refractivity contribution >= 4 is 22.6 Å². The summed E-state index contributed by atoms with van der Waals surface area (Å²) in [6.07, 6.45) is -0.444. The van der Waals surface area contributed by atoms with Crippen LogP contribution in [0.4, 0.5) is 8.78 Å². The second kappa shape index (κ2) is 11.4. The van der Waals surface area contributed by atoms with Crippen LogP contribution in [0.1, 0.15) is 48.4 Å². The highest BCUT2D eigenvalue weighted by atomic mass is 19.1. The maximum absolute atomic E-state index is 13.4. The maximum Gasteiger partial charge on any atom is 0.309 e. The van der Waals surface area contributed by atoms with E-state index in [0.717, 1.165) is 5.56 Å². The number of carbonyl (C=O) groups is 2. The molecule has 0 bridgehead atoms. The number of carboxylic acid groups (broad SMARTS) is 1. The van der Waals surface area contributed by atoms with Crippen molar-refractivity contribution in [2.24, 2.45) is 0 Å². The van der Waals surface area contributed by atoms with Gasteiger partial charge in [0.25, 0.3) is 11.5 Å². The van der Waals surface area contributed by atoms with E-state index in [1.54, 1.807) is 19.1 Å². The molecule has 186 valence electrons. The average Bonchev–Trinajstić information content (AvgIpc) is 2.86. The number of halogens is 2. The fourth-order valence-electron chi connectivity index (χ4n) is 3.79. The summed E-state index contributed by atoms with van der Waals surface area (Å²) < 4.78 is 27.8. The highest BCUT2D eigenvalue weighted by Crippen LogP contribution is 2.20. The van der Waals surface area contributed by atoms with Gasteiger partial charge >= 0.3 is 5.97 Å². The molecule has 36 heavy (non-hydrogen) atoms. The van der Waals surface area contributed by atoms with Gasteiger partial charge < -0.3 is 10.4 Å². The molecule has 0 fully saturated rings. The van der Waals surface area contributed by atoms with Gasteiger partial charge in [-0.05, 0) is 78.5 Å². The van der Waals surface area contributed by atoms with E-state index in [-0.39, 0.29) is 22.5 Å². The van der Waals surface area contributed by atoms with Crippen LogP contribution < -0.4 is 10.9 Å². The summed E-state index contributed by atoms with van der Waals surface area (Å²) in [5, 5.41) is 12.9. The molecule has 0 radical (unpaired) electrons. The van der Waals surface area contributed by atoms with Crippen LogP contribution in [-0.4, -0.2) is 21.6 Å². The minimum Gasteiger partial charge on any atom is -0.481 e. The van der Waals surface area contributed by atoms with Gasteiger partial charge in [-0.2, -0.15) is 0 Å². The predicted molar refractivity (Wildman–Crippen MR) is 134 cm³/mol. The zero-order valence-electron chi connectivity index (χ0n) is 20.1. The van der Waals surface area contributed by atoms with Crippen LogP contribution in [0.25, 0.3) is 16.5 Å². The third-order valence-electron chi connectivity index (χ3n) is 5.49. The zero-order chi connectivity index (χ0) is 26.4. The summed E-state index contributed by atoms with van der Waals surface area (Å²) in [6, 6.07) is 16.6. The van der Waals surface area contributed by atoms with E-state index in [1.165, 1.54) is 65.2 Å². The topological polar surface area (TPSA) is 88.4 Å². The number of nitrogens with zero attached hydrogens (tertiary/aromatic N) is 1. The van der Waals surface area contributed by atoms with Gasteiger partial charge in [0.1, 0.15) is 11.6 Å². The SMILES string of the molecule is CC.CC(NC(=O)c1ccc2c(=O)n(-c3ccc(F)cc3)c(CC(=O)O)cc2c1)c1ccc(F)cc1. The number of rotatable bonds is 6. The molecule has 1 unspecified atom stereocenters. The van der Waals surface area contributed by atoms with E-state index < -0.39 is 35.7 Å². The van der Waals surface area contributed by atoms with Crippen LogP contribution in [-0.2, 0) is 11.2 Å². The Kier molecular flexibility index (Phi) is 8.32. The van der Waals surface area contributed by atoms with Crippen molar-refractivity contribution in [2.75, 3.05) is 0 Å². The Balaban J connectivity index is 0.00000176. The predicted octanol–water partition coefficient (Wildman–Crippen LogP) is 5.41. The van der Waals surface area contributed by atoms with Crippen LogP contribution in [0, 0.1) is 11.6 Å². The van der Waals surface area contributed by atoms with E-state index in [4.69, 9.17) is 0 Å². The van der Waals surface area contributed by atoms with Gasteiger partial charge in [-0.3, -0.25) is 19.0 Å². The van der Waals surface area contributed by atoms with Crippen LogP contribution in [0.2, 0.25) is 0 Å². The molecule has 3 aromatic carbocycles. The van der Waals surface area contributed by atoms with Crippen LogP contribution in [0.15, 0.2) is 77.6 Å². The Morgan fingerprint density at radius 3 is 2.08 bits per heavy atom. The number of benzene rings is 3. The molecule has 0 aliphatic carbocycles. The third-order valence-corrected chi connectivity index (χ3v) is 5.49. The highest BCUT2D eigenvalue weighted by molar-refractivity contribution is 5.98. The van der Waals surface area contributed by atoms with E-state index in [2.05, 4.69) is 5.32 Å². The molecule has 0 aliphatic heterocycles.